The van der Waals surface area contributed by atoms with Crippen molar-refractivity contribution in [2.24, 2.45) is 16.0 Å². The van der Waals surface area contributed by atoms with E-state index >= 15 is 0 Å². The van der Waals surface area contributed by atoms with E-state index in [1.54, 1.807) is 0 Å². The van der Waals surface area contributed by atoms with Crippen LogP contribution < -0.4 is 15.2 Å². The van der Waals surface area contributed by atoms with Crippen molar-refractivity contribution in [1.29, 1.82) is 0 Å². The highest BCUT2D eigenvalue weighted by atomic mass is 32.2. The lowest BCUT2D eigenvalue weighted by atomic mass is 9.62. The first-order valence-electron chi connectivity index (χ1n) is 13.5. The minimum atomic E-state index is -1.61. The van der Waals surface area contributed by atoms with Gasteiger partial charge in [-0.05, 0) is 73.6 Å². The van der Waals surface area contributed by atoms with E-state index in [1.807, 2.05) is 36.8 Å². The van der Waals surface area contributed by atoms with Gasteiger partial charge in [-0.15, -0.1) is 0 Å². The Hall–Kier alpha value is -3.01. The Bertz CT molecular complexity index is 1350. The van der Waals surface area contributed by atoms with Crippen molar-refractivity contribution < 1.29 is 14.1 Å². The molecule has 2 aromatic carbocycles. The molecule has 1 aliphatic heterocycles. The van der Waals surface area contributed by atoms with Gasteiger partial charge in [0.05, 0.1) is 30.4 Å². The summed E-state index contributed by atoms with van der Waals surface area (Å²) in [5.41, 5.74) is 4.76. The number of aliphatic hydroxyl groups excluding tert-OH is 1. The molecule has 1 amide bonds. The molecule has 5 N–H and O–H groups in total. The summed E-state index contributed by atoms with van der Waals surface area (Å²) >= 11 is -1.61. The Kier molecular flexibility index (Phi) is 6.62. The average molecular weight is 534 g/mol. The summed E-state index contributed by atoms with van der Waals surface area (Å²) in [6.45, 7) is 0.453. The zero-order chi connectivity index (χ0) is 26.3. The normalized spacial score (nSPS) is 27.2. The maximum absolute atomic E-state index is 13.5. The van der Waals surface area contributed by atoms with Gasteiger partial charge in [0.2, 0.25) is 5.91 Å². The standard InChI is InChI=1S/C29H35N5O3S/c30-38(37)33-21-8-6-20(7-9-21)17-32-27(36)29-11-3-10-28(12-14-29,13-15-29)26(35)16-24-22-4-1-2-5-23(22)25-18-31-19-34(24)25/h1-2,4-9,18-19,24,26,33,35H,3,10-17,30H2,(H,32,36). The number of hydrogen-bond donors (Lipinski definition) is 4. The molecule has 2 bridgehead atoms. The Balaban J connectivity index is 1.10. The van der Waals surface area contributed by atoms with Gasteiger partial charge in [0, 0.05) is 23.2 Å². The number of amides is 1. The van der Waals surface area contributed by atoms with Crippen molar-refractivity contribution in [2.75, 3.05) is 4.72 Å². The molecule has 200 valence electrons. The molecular weight excluding hydrogens is 498 g/mol. The Morgan fingerprint density at radius 2 is 1.87 bits per heavy atom. The number of carbonyl (C=O) groups is 1. The van der Waals surface area contributed by atoms with Gasteiger partial charge in [0.25, 0.3) is 0 Å². The van der Waals surface area contributed by atoms with Crippen molar-refractivity contribution in [1.82, 2.24) is 14.9 Å². The van der Waals surface area contributed by atoms with E-state index in [0.717, 1.165) is 56.2 Å². The number of benzene rings is 2. The number of imidazole rings is 1. The molecule has 3 aromatic rings. The first-order valence-corrected chi connectivity index (χ1v) is 14.7. The van der Waals surface area contributed by atoms with Crippen molar-refractivity contribution in [3.05, 3.63) is 72.2 Å². The number of nitrogens with one attached hydrogen (secondary N) is 2. The SMILES string of the molecule is NS(=O)Nc1ccc(CNC(=O)C23CCCC(C(O)CC4c5ccccc5-c5cncn54)(CC2)CC3)cc1. The summed E-state index contributed by atoms with van der Waals surface area (Å²) < 4.78 is 16.0. The van der Waals surface area contributed by atoms with Gasteiger partial charge in [-0.3, -0.25) is 9.52 Å². The topological polar surface area (TPSA) is 122 Å². The number of nitrogens with zero attached hydrogens (tertiary/aromatic N) is 2. The van der Waals surface area contributed by atoms with Crippen LogP contribution in [0.4, 0.5) is 5.69 Å². The van der Waals surface area contributed by atoms with Crippen LogP contribution in [0.15, 0.2) is 61.1 Å². The van der Waals surface area contributed by atoms with Gasteiger partial charge in [0.1, 0.15) is 0 Å². The fourth-order valence-corrected chi connectivity index (χ4v) is 7.53. The Morgan fingerprint density at radius 3 is 2.63 bits per heavy atom. The number of aromatic nitrogens is 2. The predicted molar refractivity (Wildman–Crippen MR) is 148 cm³/mol. The van der Waals surface area contributed by atoms with Gasteiger partial charge >= 0.3 is 0 Å². The number of rotatable bonds is 8. The number of anilines is 1. The van der Waals surface area contributed by atoms with Crippen LogP contribution in [0.5, 0.6) is 0 Å². The van der Waals surface area contributed by atoms with Crippen LogP contribution in [0.2, 0.25) is 0 Å². The Morgan fingerprint density at radius 1 is 1.11 bits per heavy atom. The fraction of sp³-hybridized carbons (Fsp3) is 0.448. The summed E-state index contributed by atoms with van der Waals surface area (Å²) in [5, 5.41) is 20.2. The lowest BCUT2D eigenvalue weighted by molar-refractivity contribution is -0.135. The quantitative estimate of drug-likeness (QED) is 0.347. The average Bonchev–Trinajstić information content (AvgIpc) is 3.38. The molecule has 0 saturated heterocycles. The number of hydrogen-bond acceptors (Lipinski definition) is 4. The molecule has 3 unspecified atom stereocenters. The van der Waals surface area contributed by atoms with Gasteiger partial charge in [0.15, 0.2) is 11.2 Å². The summed E-state index contributed by atoms with van der Waals surface area (Å²) in [5.74, 6) is 0.125. The summed E-state index contributed by atoms with van der Waals surface area (Å²) in [4.78, 5) is 17.8. The molecule has 9 heteroatoms. The maximum atomic E-state index is 13.5. The molecule has 3 atom stereocenters. The van der Waals surface area contributed by atoms with Crippen LogP contribution in [0.3, 0.4) is 0 Å². The lowest BCUT2D eigenvalue weighted by Gasteiger charge is -2.45. The third kappa shape index (κ3) is 4.46. The van der Waals surface area contributed by atoms with Gasteiger partial charge in [-0.1, -0.05) is 42.8 Å². The second kappa shape index (κ2) is 9.94. The summed E-state index contributed by atoms with van der Waals surface area (Å²) in [6, 6.07) is 15.9. The van der Waals surface area contributed by atoms with Gasteiger partial charge in [-0.2, -0.15) is 0 Å². The van der Waals surface area contributed by atoms with E-state index in [0.29, 0.717) is 18.7 Å². The molecule has 1 aromatic heterocycles. The first kappa shape index (κ1) is 25.3. The summed E-state index contributed by atoms with van der Waals surface area (Å²) in [6.07, 6.45) is 10.2. The van der Waals surface area contributed by atoms with Gasteiger partial charge < -0.3 is 15.0 Å². The van der Waals surface area contributed by atoms with Crippen molar-refractivity contribution in [3.8, 4) is 11.3 Å². The molecule has 38 heavy (non-hydrogen) atoms. The highest BCUT2D eigenvalue weighted by Gasteiger charge is 2.52. The first-order chi connectivity index (χ1) is 18.4. The number of fused-ring (bicyclic) bond motifs is 7. The monoisotopic (exact) mass is 533 g/mol. The molecule has 0 spiro atoms. The number of carbonyl (C=O) groups excluding carboxylic acids is 1. The van der Waals surface area contributed by atoms with E-state index in [2.05, 4.69) is 43.9 Å². The predicted octanol–water partition coefficient (Wildman–Crippen LogP) is 4.20. The van der Waals surface area contributed by atoms with Crippen LogP contribution in [0.1, 0.15) is 68.5 Å². The van der Waals surface area contributed by atoms with Crippen LogP contribution in [-0.4, -0.2) is 30.9 Å². The van der Waals surface area contributed by atoms with Crippen molar-refractivity contribution >= 4 is 22.8 Å². The second-order valence-electron chi connectivity index (χ2n) is 11.3. The van der Waals surface area contributed by atoms with E-state index < -0.39 is 17.3 Å². The molecule has 2 heterocycles. The minimum absolute atomic E-state index is 0.0951. The van der Waals surface area contributed by atoms with E-state index in [4.69, 9.17) is 5.14 Å². The van der Waals surface area contributed by atoms with E-state index in [1.165, 1.54) is 11.1 Å². The zero-order valence-corrected chi connectivity index (χ0v) is 22.3. The third-order valence-electron chi connectivity index (χ3n) is 9.39. The van der Waals surface area contributed by atoms with Crippen molar-refractivity contribution in [2.45, 2.75) is 70.1 Å². The van der Waals surface area contributed by atoms with E-state index in [9.17, 15) is 14.1 Å². The number of nitrogens with two attached hydrogens (primary N) is 1. The smallest absolute Gasteiger partial charge is 0.226 e. The third-order valence-corrected chi connectivity index (χ3v) is 9.83. The fourth-order valence-electron chi connectivity index (χ4n) is 7.16. The Labute approximate surface area is 225 Å². The highest BCUT2D eigenvalue weighted by molar-refractivity contribution is 7.84. The minimum Gasteiger partial charge on any atom is -0.392 e. The molecule has 3 aliphatic carbocycles. The number of aliphatic hydroxyl groups is 1. The molecule has 8 nitrogen and oxygen atoms in total. The molecule has 3 saturated carbocycles. The van der Waals surface area contributed by atoms with Crippen LogP contribution in [-0.2, 0) is 22.5 Å². The lowest BCUT2D eigenvalue weighted by Crippen LogP contribution is -2.46. The van der Waals surface area contributed by atoms with Crippen LogP contribution in [0.25, 0.3) is 11.3 Å². The molecular formula is C29H35N5O3S. The largest absolute Gasteiger partial charge is 0.392 e. The maximum Gasteiger partial charge on any atom is 0.226 e. The second-order valence-corrected chi connectivity index (χ2v) is 12.1. The van der Waals surface area contributed by atoms with Crippen LogP contribution in [0, 0.1) is 10.8 Å². The molecule has 3 fully saturated rings. The van der Waals surface area contributed by atoms with E-state index in [-0.39, 0.29) is 22.8 Å². The van der Waals surface area contributed by atoms with Crippen LogP contribution >= 0.6 is 0 Å². The van der Waals surface area contributed by atoms with Gasteiger partial charge in [-0.25, -0.2) is 14.3 Å². The van der Waals surface area contributed by atoms with Crippen molar-refractivity contribution in [3.63, 3.8) is 0 Å². The highest BCUT2D eigenvalue weighted by Crippen LogP contribution is 2.57. The summed E-state index contributed by atoms with van der Waals surface area (Å²) in [7, 11) is 0. The molecule has 7 rings (SSSR count). The molecule has 0 radical (unpaired) electrons. The molecule has 4 aliphatic rings. The zero-order valence-electron chi connectivity index (χ0n) is 21.4.